The van der Waals surface area contributed by atoms with E-state index in [1.165, 1.54) is 0 Å². The Morgan fingerprint density at radius 3 is 2.77 bits per heavy atom. The smallest absolute Gasteiger partial charge is 0.273 e. The molecule has 0 bridgehead atoms. The molecule has 26 heavy (non-hydrogen) atoms. The standard InChI is InChI=1S/C19H16ClN3O3/c20-13-4-1-3-12(9-13)15-11-16(23-22-15)19(24)21-14-5-6-17-18(10-14)26-8-2-7-25-17/h1,3-6,9-11H,2,7-8H2,(H,21,24)(H,22,23). The van der Waals surface area contributed by atoms with Crippen molar-refractivity contribution in [2.75, 3.05) is 18.5 Å². The van der Waals surface area contributed by atoms with Gasteiger partial charge in [-0.05, 0) is 30.3 Å². The van der Waals surface area contributed by atoms with Gasteiger partial charge in [-0.2, -0.15) is 5.10 Å². The monoisotopic (exact) mass is 369 g/mol. The quantitative estimate of drug-likeness (QED) is 0.727. The number of H-pyrrole nitrogens is 1. The largest absolute Gasteiger partial charge is 0.490 e. The molecule has 0 atom stereocenters. The van der Waals surface area contributed by atoms with Crippen LogP contribution in [-0.4, -0.2) is 29.3 Å². The molecule has 7 heteroatoms. The topological polar surface area (TPSA) is 76.2 Å². The minimum Gasteiger partial charge on any atom is -0.490 e. The van der Waals surface area contributed by atoms with Crippen LogP contribution in [0.2, 0.25) is 5.02 Å². The van der Waals surface area contributed by atoms with E-state index in [4.69, 9.17) is 21.1 Å². The molecular formula is C19H16ClN3O3. The number of nitrogens with zero attached hydrogens (tertiary/aromatic N) is 1. The second kappa shape index (κ2) is 7.09. The molecular weight excluding hydrogens is 354 g/mol. The minimum atomic E-state index is -0.291. The van der Waals surface area contributed by atoms with Gasteiger partial charge in [0.1, 0.15) is 5.69 Å². The van der Waals surface area contributed by atoms with Crippen molar-refractivity contribution in [2.24, 2.45) is 0 Å². The van der Waals surface area contributed by atoms with E-state index in [0.717, 1.165) is 12.0 Å². The van der Waals surface area contributed by atoms with Gasteiger partial charge in [-0.15, -0.1) is 0 Å². The van der Waals surface area contributed by atoms with Crippen LogP contribution in [0.25, 0.3) is 11.3 Å². The van der Waals surface area contributed by atoms with Crippen molar-refractivity contribution in [3.8, 4) is 22.8 Å². The maximum atomic E-state index is 12.5. The van der Waals surface area contributed by atoms with Gasteiger partial charge in [-0.1, -0.05) is 23.7 Å². The van der Waals surface area contributed by atoms with E-state index >= 15 is 0 Å². The lowest BCUT2D eigenvalue weighted by Gasteiger charge is -2.09. The van der Waals surface area contributed by atoms with Crippen LogP contribution in [0.4, 0.5) is 5.69 Å². The van der Waals surface area contributed by atoms with Crippen molar-refractivity contribution in [3.05, 3.63) is 59.2 Å². The predicted molar refractivity (Wildman–Crippen MR) is 99.0 cm³/mol. The lowest BCUT2D eigenvalue weighted by atomic mass is 10.1. The number of amides is 1. The Morgan fingerprint density at radius 1 is 1.08 bits per heavy atom. The summed E-state index contributed by atoms with van der Waals surface area (Å²) in [5, 5.41) is 10.4. The molecule has 132 valence electrons. The minimum absolute atomic E-state index is 0.291. The lowest BCUT2D eigenvalue weighted by Crippen LogP contribution is -2.12. The zero-order chi connectivity index (χ0) is 17.9. The van der Waals surface area contributed by atoms with E-state index in [1.807, 2.05) is 12.1 Å². The molecule has 0 radical (unpaired) electrons. The molecule has 0 unspecified atom stereocenters. The fourth-order valence-corrected chi connectivity index (χ4v) is 2.86. The van der Waals surface area contributed by atoms with Gasteiger partial charge < -0.3 is 14.8 Å². The van der Waals surface area contributed by atoms with Crippen molar-refractivity contribution >= 4 is 23.2 Å². The Kier molecular flexibility index (Phi) is 4.50. The first-order valence-electron chi connectivity index (χ1n) is 8.21. The Labute approximate surface area is 155 Å². The Morgan fingerprint density at radius 2 is 1.92 bits per heavy atom. The van der Waals surface area contributed by atoms with Crippen LogP contribution in [0, 0.1) is 0 Å². The summed E-state index contributed by atoms with van der Waals surface area (Å²) in [7, 11) is 0. The molecule has 1 aliphatic rings. The maximum Gasteiger partial charge on any atom is 0.273 e. The molecule has 2 heterocycles. The number of carbonyl (C=O) groups is 1. The third kappa shape index (κ3) is 3.50. The maximum absolute atomic E-state index is 12.5. The van der Waals surface area contributed by atoms with Gasteiger partial charge in [0.05, 0.1) is 18.9 Å². The molecule has 0 saturated heterocycles. The molecule has 2 N–H and O–H groups in total. The highest BCUT2D eigenvalue weighted by atomic mass is 35.5. The van der Waals surface area contributed by atoms with Gasteiger partial charge in [-0.3, -0.25) is 9.89 Å². The number of aromatic amines is 1. The number of halogens is 1. The third-order valence-electron chi connectivity index (χ3n) is 3.95. The SMILES string of the molecule is O=C(Nc1ccc2c(c1)OCCCO2)c1cc(-c2cccc(Cl)c2)n[nH]1. The first kappa shape index (κ1) is 16.5. The molecule has 0 spiro atoms. The molecule has 0 fully saturated rings. The fourth-order valence-electron chi connectivity index (χ4n) is 2.67. The van der Waals surface area contributed by atoms with Crippen molar-refractivity contribution < 1.29 is 14.3 Å². The molecule has 1 amide bonds. The summed E-state index contributed by atoms with van der Waals surface area (Å²) < 4.78 is 11.2. The average Bonchev–Trinajstić information content (AvgIpc) is 3.02. The van der Waals surface area contributed by atoms with E-state index in [0.29, 0.717) is 46.8 Å². The molecule has 4 rings (SSSR count). The Hall–Kier alpha value is -2.99. The molecule has 6 nitrogen and oxygen atoms in total. The zero-order valence-electron chi connectivity index (χ0n) is 13.8. The zero-order valence-corrected chi connectivity index (χ0v) is 14.5. The number of aromatic nitrogens is 2. The summed E-state index contributed by atoms with van der Waals surface area (Å²) in [4.78, 5) is 12.5. The number of nitrogens with one attached hydrogen (secondary N) is 2. The highest BCUT2D eigenvalue weighted by molar-refractivity contribution is 6.30. The second-order valence-corrected chi connectivity index (χ2v) is 6.28. The highest BCUT2D eigenvalue weighted by Gasteiger charge is 2.14. The molecule has 0 saturated carbocycles. The molecule has 0 aliphatic carbocycles. The van der Waals surface area contributed by atoms with Gasteiger partial charge in [0.2, 0.25) is 0 Å². The van der Waals surface area contributed by atoms with Crippen LogP contribution in [0.1, 0.15) is 16.9 Å². The van der Waals surface area contributed by atoms with Crippen LogP contribution < -0.4 is 14.8 Å². The summed E-state index contributed by atoms with van der Waals surface area (Å²) >= 11 is 6.00. The van der Waals surface area contributed by atoms with Crippen molar-refractivity contribution in [2.45, 2.75) is 6.42 Å². The number of hydrogen-bond acceptors (Lipinski definition) is 4. The number of rotatable bonds is 3. The highest BCUT2D eigenvalue weighted by Crippen LogP contribution is 2.32. The van der Waals surface area contributed by atoms with Crippen molar-refractivity contribution in [1.29, 1.82) is 0 Å². The predicted octanol–water partition coefficient (Wildman–Crippen LogP) is 4.14. The number of anilines is 1. The summed E-state index contributed by atoms with van der Waals surface area (Å²) in [6.07, 6.45) is 0.830. The lowest BCUT2D eigenvalue weighted by molar-refractivity contribution is 0.102. The first-order chi connectivity index (χ1) is 12.7. The molecule has 1 aliphatic heterocycles. The van der Waals surface area contributed by atoms with E-state index in [2.05, 4.69) is 15.5 Å². The van der Waals surface area contributed by atoms with Gasteiger partial charge in [0.25, 0.3) is 5.91 Å². The number of hydrogen-bond donors (Lipinski definition) is 2. The summed E-state index contributed by atoms with van der Waals surface area (Å²) in [6.45, 7) is 1.22. The van der Waals surface area contributed by atoms with E-state index in [9.17, 15) is 4.79 Å². The average molecular weight is 370 g/mol. The molecule has 3 aromatic rings. The van der Waals surface area contributed by atoms with Crippen LogP contribution >= 0.6 is 11.6 Å². The second-order valence-electron chi connectivity index (χ2n) is 5.84. The molecule has 1 aromatic heterocycles. The number of fused-ring (bicyclic) bond motifs is 1. The summed E-state index contributed by atoms with van der Waals surface area (Å²) in [5.41, 5.74) is 2.46. The van der Waals surface area contributed by atoms with E-state index in [-0.39, 0.29) is 5.91 Å². The van der Waals surface area contributed by atoms with Crippen LogP contribution in [-0.2, 0) is 0 Å². The van der Waals surface area contributed by atoms with Gasteiger partial charge >= 0.3 is 0 Å². The third-order valence-corrected chi connectivity index (χ3v) is 4.18. The fraction of sp³-hybridized carbons (Fsp3) is 0.158. The number of carbonyl (C=O) groups excluding carboxylic acids is 1. The van der Waals surface area contributed by atoms with E-state index < -0.39 is 0 Å². The summed E-state index contributed by atoms with van der Waals surface area (Å²) in [5.74, 6) is 1.02. The summed E-state index contributed by atoms with van der Waals surface area (Å²) in [6, 6.07) is 14.3. The molecule has 2 aromatic carbocycles. The number of benzene rings is 2. The Balaban J connectivity index is 1.51. The normalized spacial score (nSPS) is 13.1. The van der Waals surface area contributed by atoms with Crippen LogP contribution in [0.3, 0.4) is 0 Å². The first-order valence-corrected chi connectivity index (χ1v) is 8.59. The Bertz CT molecular complexity index is 955. The van der Waals surface area contributed by atoms with Crippen LogP contribution in [0.5, 0.6) is 11.5 Å². The number of ether oxygens (including phenoxy) is 2. The van der Waals surface area contributed by atoms with Gasteiger partial charge in [-0.25, -0.2) is 0 Å². The van der Waals surface area contributed by atoms with E-state index in [1.54, 1.807) is 36.4 Å². The van der Waals surface area contributed by atoms with Crippen molar-refractivity contribution in [3.63, 3.8) is 0 Å². The van der Waals surface area contributed by atoms with Crippen molar-refractivity contribution in [1.82, 2.24) is 10.2 Å². The van der Waals surface area contributed by atoms with Gasteiger partial charge in [0.15, 0.2) is 11.5 Å². The van der Waals surface area contributed by atoms with Gasteiger partial charge in [0, 0.05) is 28.8 Å². The van der Waals surface area contributed by atoms with Crippen LogP contribution in [0.15, 0.2) is 48.5 Å².